The van der Waals surface area contributed by atoms with E-state index in [4.69, 9.17) is 0 Å². The normalized spacial score (nSPS) is 12.5. The van der Waals surface area contributed by atoms with Gasteiger partial charge in [0.15, 0.2) is 0 Å². The molecule has 108 valence electrons. The molecule has 1 unspecified atom stereocenters. The lowest BCUT2D eigenvalue weighted by Crippen LogP contribution is -2.26. The van der Waals surface area contributed by atoms with Gasteiger partial charge in [0.2, 0.25) is 0 Å². The van der Waals surface area contributed by atoms with E-state index in [-0.39, 0.29) is 6.04 Å². The summed E-state index contributed by atoms with van der Waals surface area (Å²) in [5, 5.41) is 12.3. The van der Waals surface area contributed by atoms with Gasteiger partial charge in [-0.15, -0.1) is 0 Å². The molecule has 5 nitrogen and oxygen atoms in total. The summed E-state index contributed by atoms with van der Waals surface area (Å²) in [5.41, 5.74) is 3.28. The van der Waals surface area contributed by atoms with E-state index < -0.39 is 0 Å². The number of para-hydroxylation sites is 1. The zero-order valence-corrected chi connectivity index (χ0v) is 12.3. The van der Waals surface area contributed by atoms with Gasteiger partial charge < -0.3 is 5.32 Å². The van der Waals surface area contributed by atoms with Crippen molar-refractivity contribution in [3.63, 3.8) is 0 Å². The molecule has 5 heteroatoms. The van der Waals surface area contributed by atoms with Crippen LogP contribution >= 0.6 is 0 Å². The van der Waals surface area contributed by atoms with E-state index >= 15 is 0 Å². The molecular weight excluding hydrogens is 262 g/mol. The minimum atomic E-state index is 0.0604. The van der Waals surface area contributed by atoms with Crippen LogP contribution in [0.25, 0.3) is 5.69 Å². The number of rotatable bonds is 5. The van der Waals surface area contributed by atoms with Gasteiger partial charge in [-0.1, -0.05) is 25.1 Å². The first-order chi connectivity index (χ1) is 10.3. The Hall–Kier alpha value is -2.40. The second-order valence-corrected chi connectivity index (χ2v) is 4.87. The second kappa shape index (κ2) is 5.93. The van der Waals surface area contributed by atoms with Gasteiger partial charge in [0, 0.05) is 19.4 Å². The molecule has 21 heavy (non-hydrogen) atoms. The van der Waals surface area contributed by atoms with Gasteiger partial charge >= 0.3 is 0 Å². The zero-order valence-electron chi connectivity index (χ0n) is 12.3. The largest absolute Gasteiger partial charge is 0.304 e. The van der Waals surface area contributed by atoms with Crippen molar-refractivity contribution < 1.29 is 0 Å². The second-order valence-electron chi connectivity index (χ2n) is 4.87. The van der Waals surface area contributed by atoms with Crippen LogP contribution in [0.4, 0.5) is 0 Å². The van der Waals surface area contributed by atoms with Crippen LogP contribution in [-0.4, -0.2) is 26.1 Å². The van der Waals surface area contributed by atoms with Crippen molar-refractivity contribution in [1.29, 1.82) is 0 Å². The van der Waals surface area contributed by atoms with Crippen molar-refractivity contribution in [2.45, 2.75) is 13.0 Å². The van der Waals surface area contributed by atoms with Crippen LogP contribution in [0.2, 0.25) is 0 Å². The van der Waals surface area contributed by atoms with Crippen LogP contribution in [0.3, 0.4) is 0 Å². The number of aromatic nitrogens is 4. The summed E-state index contributed by atoms with van der Waals surface area (Å²) in [4.78, 5) is 0. The van der Waals surface area contributed by atoms with Crippen LogP contribution in [0.5, 0.6) is 0 Å². The standard InChI is InChI=1S/C16H19N5/c1-3-17-16(14-9-11-18-20(14)2)15-10-12-19-21(15)13-7-5-4-6-8-13/h4-12,16-17H,3H2,1-2H3. The minimum absolute atomic E-state index is 0.0604. The average Bonchev–Trinajstić information content (AvgIpc) is 3.15. The van der Waals surface area contributed by atoms with Crippen molar-refractivity contribution in [3.05, 3.63) is 66.2 Å². The maximum Gasteiger partial charge on any atom is 0.0923 e. The van der Waals surface area contributed by atoms with Crippen molar-refractivity contribution in [1.82, 2.24) is 24.9 Å². The number of benzene rings is 1. The Labute approximate surface area is 124 Å². The zero-order chi connectivity index (χ0) is 14.7. The van der Waals surface area contributed by atoms with E-state index in [1.807, 2.05) is 59.1 Å². The molecule has 3 rings (SSSR count). The van der Waals surface area contributed by atoms with Crippen molar-refractivity contribution in [3.8, 4) is 5.69 Å². The molecule has 1 N–H and O–H groups in total. The molecule has 1 atom stereocenters. The molecule has 0 fully saturated rings. The van der Waals surface area contributed by atoms with Crippen LogP contribution < -0.4 is 5.32 Å². The molecule has 0 spiro atoms. The monoisotopic (exact) mass is 281 g/mol. The SMILES string of the molecule is CCNC(c1ccnn1C)c1ccnn1-c1ccccc1. The molecule has 0 aliphatic heterocycles. The van der Waals surface area contributed by atoms with Gasteiger partial charge in [0.25, 0.3) is 0 Å². The van der Waals surface area contributed by atoms with E-state index in [0.29, 0.717) is 0 Å². The Balaban J connectivity index is 2.06. The lowest BCUT2D eigenvalue weighted by Gasteiger charge is -2.19. The fraction of sp³-hybridized carbons (Fsp3) is 0.250. The molecule has 3 aromatic rings. The molecule has 0 amide bonds. The molecule has 0 aliphatic carbocycles. The Kier molecular flexibility index (Phi) is 3.83. The molecule has 0 saturated carbocycles. The quantitative estimate of drug-likeness (QED) is 0.780. The van der Waals surface area contributed by atoms with Crippen molar-refractivity contribution in [2.24, 2.45) is 7.05 Å². The minimum Gasteiger partial charge on any atom is -0.304 e. The van der Waals surface area contributed by atoms with Gasteiger partial charge in [0.1, 0.15) is 0 Å². The average molecular weight is 281 g/mol. The Morgan fingerprint density at radius 3 is 2.38 bits per heavy atom. The predicted molar refractivity (Wildman–Crippen MR) is 82.3 cm³/mol. The third-order valence-electron chi connectivity index (χ3n) is 3.53. The summed E-state index contributed by atoms with van der Waals surface area (Å²) in [5.74, 6) is 0. The number of hydrogen-bond donors (Lipinski definition) is 1. The molecule has 0 radical (unpaired) electrons. The van der Waals surface area contributed by atoms with Gasteiger partial charge in [-0.25, -0.2) is 4.68 Å². The van der Waals surface area contributed by atoms with E-state index in [0.717, 1.165) is 23.6 Å². The predicted octanol–water partition coefficient (Wildman–Crippen LogP) is 2.30. The smallest absolute Gasteiger partial charge is 0.0923 e. The first-order valence-electron chi connectivity index (χ1n) is 7.12. The lowest BCUT2D eigenvalue weighted by atomic mass is 10.1. The molecule has 0 aliphatic rings. The molecular formula is C16H19N5. The summed E-state index contributed by atoms with van der Waals surface area (Å²) >= 11 is 0. The summed E-state index contributed by atoms with van der Waals surface area (Å²) in [7, 11) is 1.96. The summed E-state index contributed by atoms with van der Waals surface area (Å²) in [6.45, 7) is 2.97. The highest BCUT2D eigenvalue weighted by Crippen LogP contribution is 2.23. The third-order valence-corrected chi connectivity index (χ3v) is 3.53. The number of nitrogens with one attached hydrogen (secondary N) is 1. The van der Waals surface area contributed by atoms with Gasteiger partial charge in [-0.2, -0.15) is 10.2 Å². The van der Waals surface area contributed by atoms with Crippen LogP contribution in [0.15, 0.2) is 54.9 Å². The van der Waals surface area contributed by atoms with E-state index in [1.54, 1.807) is 0 Å². The highest BCUT2D eigenvalue weighted by atomic mass is 15.3. The fourth-order valence-electron chi connectivity index (χ4n) is 2.55. The van der Waals surface area contributed by atoms with Crippen LogP contribution in [0.1, 0.15) is 24.4 Å². The Morgan fingerprint density at radius 2 is 1.71 bits per heavy atom. The highest BCUT2D eigenvalue weighted by Gasteiger charge is 2.20. The van der Waals surface area contributed by atoms with Gasteiger partial charge in [0.05, 0.1) is 23.1 Å². The van der Waals surface area contributed by atoms with Gasteiger partial charge in [-0.05, 0) is 30.8 Å². The van der Waals surface area contributed by atoms with E-state index in [1.165, 1.54) is 0 Å². The number of hydrogen-bond acceptors (Lipinski definition) is 3. The summed E-state index contributed by atoms with van der Waals surface area (Å²) < 4.78 is 3.87. The molecule has 2 heterocycles. The Morgan fingerprint density at radius 1 is 1.00 bits per heavy atom. The van der Waals surface area contributed by atoms with E-state index in [9.17, 15) is 0 Å². The van der Waals surface area contributed by atoms with Crippen LogP contribution in [0, 0.1) is 0 Å². The molecule has 2 aromatic heterocycles. The molecule has 0 saturated heterocycles. The van der Waals surface area contributed by atoms with E-state index in [2.05, 4.69) is 34.6 Å². The topological polar surface area (TPSA) is 47.7 Å². The van der Waals surface area contributed by atoms with Crippen molar-refractivity contribution >= 4 is 0 Å². The first kappa shape index (κ1) is 13.6. The molecule has 0 bridgehead atoms. The highest BCUT2D eigenvalue weighted by molar-refractivity contribution is 5.35. The third kappa shape index (κ3) is 2.60. The first-order valence-corrected chi connectivity index (χ1v) is 7.12. The summed E-state index contributed by atoms with van der Waals surface area (Å²) in [6.07, 6.45) is 3.66. The maximum absolute atomic E-state index is 4.48. The van der Waals surface area contributed by atoms with Crippen LogP contribution in [-0.2, 0) is 7.05 Å². The maximum atomic E-state index is 4.48. The number of aryl methyl sites for hydroxylation is 1. The number of nitrogens with zero attached hydrogens (tertiary/aromatic N) is 4. The van der Waals surface area contributed by atoms with Crippen molar-refractivity contribution in [2.75, 3.05) is 6.54 Å². The fourth-order valence-corrected chi connectivity index (χ4v) is 2.55. The summed E-state index contributed by atoms with van der Waals surface area (Å²) in [6, 6.07) is 14.3. The lowest BCUT2D eigenvalue weighted by molar-refractivity contribution is 0.547. The molecule has 1 aromatic carbocycles. The van der Waals surface area contributed by atoms with Gasteiger partial charge in [-0.3, -0.25) is 4.68 Å². The Bertz CT molecular complexity index is 698.